The molecular weight excluding hydrogens is 428 g/mol. The Hall–Kier alpha value is -4.01. The van der Waals surface area contributed by atoms with Crippen LogP contribution in [0.25, 0.3) is 0 Å². The number of benzene rings is 1. The maximum absolute atomic E-state index is 12.9. The van der Waals surface area contributed by atoms with Gasteiger partial charge in [-0.1, -0.05) is 6.08 Å². The molecule has 1 N–H and O–H groups in total. The highest BCUT2D eigenvalue weighted by molar-refractivity contribution is 6.22. The number of aryl methyl sites for hydroxylation is 1. The van der Waals surface area contributed by atoms with Crippen LogP contribution >= 0.6 is 0 Å². The number of imide groups is 1. The zero-order chi connectivity index (χ0) is 24.4. The zero-order valence-corrected chi connectivity index (χ0v) is 18.8. The van der Waals surface area contributed by atoms with Crippen molar-refractivity contribution in [2.24, 2.45) is 0 Å². The number of nitrogens with one attached hydrogen (secondary N) is 1. The summed E-state index contributed by atoms with van der Waals surface area (Å²) in [5, 5.41) is 0. The monoisotopic (exact) mass is 452 g/mol. The van der Waals surface area contributed by atoms with Gasteiger partial charge in [-0.25, -0.2) is 9.59 Å². The summed E-state index contributed by atoms with van der Waals surface area (Å²) in [6, 6.07) is 4.02. The molecule has 0 bridgehead atoms. The number of carbonyl (C=O) groups is 5. The summed E-state index contributed by atoms with van der Waals surface area (Å²) < 4.78 is 10.3. The number of aromatic nitrogens is 1. The van der Waals surface area contributed by atoms with Crippen LogP contribution in [0, 0.1) is 13.8 Å². The third-order valence-electron chi connectivity index (χ3n) is 5.33. The summed E-state index contributed by atoms with van der Waals surface area (Å²) in [5.41, 5.74) is 1.59. The number of rotatable bonds is 8. The van der Waals surface area contributed by atoms with Crippen LogP contribution in [0.4, 0.5) is 0 Å². The summed E-state index contributed by atoms with van der Waals surface area (Å²) in [4.78, 5) is 66.4. The Bertz CT molecular complexity index is 1190. The van der Waals surface area contributed by atoms with Crippen LogP contribution in [0.2, 0.25) is 0 Å². The van der Waals surface area contributed by atoms with E-state index in [0.29, 0.717) is 11.3 Å². The van der Waals surface area contributed by atoms with Crippen molar-refractivity contribution >= 4 is 29.5 Å². The van der Waals surface area contributed by atoms with Gasteiger partial charge in [0.05, 0.1) is 34.6 Å². The number of fused-ring (bicyclic) bond motifs is 1. The van der Waals surface area contributed by atoms with Crippen molar-refractivity contribution in [3.63, 3.8) is 0 Å². The van der Waals surface area contributed by atoms with E-state index in [-0.39, 0.29) is 41.1 Å². The number of ether oxygens (including phenoxy) is 2. The van der Waals surface area contributed by atoms with Crippen molar-refractivity contribution in [2.75, 3.05) is 13.2 Å². The van der Waals surface area contributed by atoms with Gasteiger partial charge in [0.1, 0.15) is 0 Å². The molecule has 172 valence electrons. The van der Waals surface area contributed by atoms with E-state index >= 15 is 0 Å². The van der Waals surface area contributed by atoms with Crippen LogP contribution in [0.15, 0.2) is 30.9 Å². The third kappa shape index (κ3) is 4.21. The Balaban J connectivity index is 1.79. The van der Waals surface area contributed by atoms with Crippen molar-refractivity contribution in [3.05, 3.63) is 70.1 Å². The highest BCUT2D eigenvalue weighted by Gasteiger charge is 2.35. The van der Waals surface area contributed by atoms with E-state index in [2.05, 4.69) is 11.6 Å². The zero-order valence-electron chi connectivity index (χ0n) is 18.8. The van der Waals surface area contributed by atoms with Gasteiger partial charge < -0.3 is 14.5 Å². The maximum Gasteiger partial charge on any atom is 0.340 e. The predicted octanol–water partition coefficient (Wildman–Crippen LogP) is 3.02. The number of Topliss-reactive ketones (excluding diaryl/α,β-unsaturated/α-hetero) is 1. The third-order valence-corrected chi connectivity index (χ3v) is 5.33. The van der Waals surface area contributed by atoms with E-state index in [1.54, 1.807) is 20.8 Å². The van der Waals surface area contributed by atoms with Gasteiger partial charge in [0.15, 0.2) is 6.10 Å². The second-order valence-corrected chi connectivity index (χ2v) is 7.53. The molecule has 9 nitrogen and oxygen atoms in total. The lowest BCUT2D eigenvalue weighted by Gasteiger charge is -2.12. The highest BCUT2D eigenvalue weighted by Crippen LogP contribution is 2.25. The molecule has 33 heavy (non-hydrogen) atoms. The van der Waals surface area contributed by atoms with E-state index in [0.717, 1.165) is 4.90 Å². The molecule has 1 atom stereocenters. The Morgan fingerprint density at radius 1 is 1.12 bits per heavy atom. The number of hydrogen-bond acceptors (Lipinski definition) is 7. The van der Waals surface area contributed by atoms with Gasteiger partial charge in [-0.3, -0.25) is 19.3 Å². The summed E-state index contributed by atoms with van der Waals surface area (Å²) in [7, 11) is 0. The van der Waals surface area contributed by atoms with E-state index in [4.69, 9.17) is 9.47 Å². The smallest absolute Gasteiger partial charge is 0.340 e. The van der Waals surface area contributed by atoms with Gasteiger partial charge in [-0.2, -0.15) is 0 Å². The molecular formula is C24H24N2O7. The number of H-pyrrole nitrogens is 1. The second kappa shape index (κ2) is 9.23. The van der Waals surface area contributed by atoms with E-state index in [9.17, 15) is 24.0 Å². The van der Waals surface area contributed by atoms with Crippen LogP contribution < -0.4 is 0 Å². The minimum atomic E-state index is -1.17. The first-order chi connectivity index (χ1) is 15.6. The van der Waals surface area contributed by atoms with Gasteiger partial charge in [0, 0.05) is 12.2 Å². The normalized spacial score (nSPS) is 13.5. The molecule has 0 saturated carbocycles. The molecule has 9 heteroatoms. The summed E-state index contributed by atoms with van der Waals surface area (Å²) in [5.74, 6) is -2.89. The molecule has 1 aliphatic rings. The molecule has 1 aliphatic heterocycles. The Morgan fingerprint density at radius 2 is 1.79 bits per heavy atom. The minimum Gasteiger partial charge on any atom is -0.462 e. The molecule has 0 saturated heterocycles. The largest absolute Gasteiger partial charge is 0.462 e. The fourth-order valence-corrected chi connectivity index (χ4v) is 3.70. The minimum absolute atomic E-state index is 0.0293. The van der Waals surface area contributed by atoms with Gasteiger partial charge in [0.2, 0.25) is 5.78 Å². The molecule has 0 radical (unpaired) electrons. The Labute approximate surface area is 190 Å². The summed E-state index contributed by atoms with van der Waals surface area (Å²) in [6.07, 6.45) is 0.258. The Morgan fingerprint density at radius 3 is 2.42 bits per heavy atom. The molecule has 2 aromatic rings. The first-order valence-corrected chi connectivity index (χ1v) is 10.3. The van der Waals surface area contributed by atoms with Gasteiger partial charge in [-0.15, -0.1) is 6.58 Å². The first kappa shape index (κ1) is 23.6. The fraction of sp³-hybridized carbons (Fsp3) is 0.292. The maximum atomic E-state index is 12.9. The average Bonchev–Trinajstić information content (AvgIpc) is 3.21. The van der Waals surface area contributed by atoms with Gasteiger partial charge in [0.25, 0.3) is 11.8 Å². The molecule has 1 aromatic carbocycles. The molecule has 0 fully saturated rings. The lowest BCUT2D eigenvalue weighted by molar-refractivity contribution is 0.0316. The first-order valence-electron chi connectivity index (χ1n) is 10.3. The van der Waals surface area contributed by atoms with Crippen LogP contribution in [0.5, 0.6) is 0 Å². The molecule has 2 amide bonds. The molecule has 0 spiro atoms. The van der Waals surface area contributed by atoms with Gasteiger partial charge in [-0.05, 0) is 51.5 Å². The lowest BCUT2D eigenvalue weighted by atomic mass is 10.0. The average molecular weight is 452 g/mol. The van der Waals surface area contributed by atoms with Crippen LogP contribution in [0.1, 0.15) is 77.0 Å². The number of nitrogens with zero attached hydrogens (tertiary/aromatic N) is 1. The van der Waals surface area contributed by atoms with Crippen LogP contribution in [-0.2, 0) is 9.47 Å². The van der Waals surface area contributed by atoms with E-state index in [1.165, 1.54) is 31.2 Å². The van der Waals surface area contributed by atoms with Crippen molar-refractivity contribution in [1.82, 2.24) is 9.88 Å². The number of aromatic amines is 1. The summed E-state index contributed by atoms with van der Waals surface area (Å²) in [6.45, 7) is 10.1. The van der Waals surface area contributed by atoms with Crippen molar-refractivity contribution in [3.8, 4) is 0 Å². The number of esters is 2. The molecule has 1 aromatic heterocycles. The number of ketones is 1. The highest BCUT2D eigenvalue weighted by atomic mass is 16.5. The lowest BCUT2D eigenvalue weighted by Crippen LogP contribution is -2.29. The molecule has 2 heterocycles. The van der Waals surface area contributed by atoms with E-state index in [1.807, 2.05) is 0 Å². The fourth-order valence-electron chi connectivity index (χ4n) is 3.70. The molecule has 0 unspecified atom stereocenters. The van der Waals surface area contributed by atoms with Gasteiger partial charge >= 0.3 is 11.9 Å². The molecule has 3 rings (SSSR count). The number of hydrogen-bond donors (Lipinski definition) is 1. The van der Waals surface area contributed by atoms with E-state index < -0.39 is 35.6 Å². The predicted molar refractivity (Wildman–Crippen MR) is 117 cm³/mol. The standard InChI is InChI=1S/C24H24N2O7/c1-6-10-26-21(28)16-9-8-15(11-17(16)22(26)29)23(30)33-14(5)20(27)19-12(3)18(13(4)25-19)24(31)32-7-2/h6,8-9,11,14,25H,1,7,10H2,2-5H3/t14-/m1/s1. The Kier molecular flexibility index (Phi) is 6.62. The van der Waals surface area contributed by atoms with Crippen molar-refractivity contribution in [2.45, 2.75) is 33.8 Å². The molecule has 0 aliphatic carbocycles. The van der Waals surface area contributed by atoms with Crippen molar-refractivity contribution in [1.29, 1.82) is 0 Å². The second-order valence-electron chi connectivity index (χ2n) is 7.53. The quantitative estimate of drug-likeness (QED) is 0.283. The van der Waals surface area contributed by atoms with Crippen LogP contribution in [0.3, 0.4) is 0 Å². The topological polar surface area (TPSA) is 123 Å². The number of carbonyl (C=O) groups excluding carboxylic acids is 5. The van der Waals surface area contributed by atoms with Crippen LogP contribution in [-0.4, -0.2) is 58.7 Å². The summed E-state index contributed by atoms with van der Waals surface area (Å²) >= 11 is 0. The van der Waals surface area contributed by atoms with Crippen molar-refractivity contribution < 1.29 is 33.4 Å². The SMILES string of the molecule is C=CCN1C(=O)c2ccc(C(=O)O[C@H](C)C(=O)c3[nH]c(C)c(C(=O)OCC)c3C)cc2C1=O. The number of amides is 2.